The third-order valence-electron chi connectivity index (χ3n) is 12.9. The number of rotatable bonds is 10. The molecule has 0 unspecified atom stereocenters. The summed E-state index contributed by atoms with van der Waals surface area (Å²) in [6, 6.07) is 18.8. The molecule has 328 valence electrons. The van der Waals surface area contributed by atoms with E-state index in [0.29, 0.717) is 33.3 Å². The predicted molar refractivity (Wildman–Crippen MR) is 250 cm³/mol. The highest BCUT2D eigenvalue weighted by Crippen LogP contribution is 2.41. The smallest absolute Gasteiger partial charge is 0.225 e. The molecule has 0 bridgehead atoms. The molecule has 0 aliphatic carbocycles. The molecule has 16 heteroatoms. The SMILES string of the molecule is Cc1sc2c(c1C)C(c1ccc(Cl)cc1)=N[C@@H](CC(=O)N1CCC(CN3CCN(Cc4ccc(-n5c(S)nnc5-c5cc(C(C)C)c(O)cc5O)cc4)CC3)CC1)c1nnc(C)n1-2. The Morgan fingerprint density at radius 1 is 0.857 bits per heavy atom. The molecular weight excluding hydrogens is 852 g/mol. The number of phenols is 2. The zero-order valence-electron chi connectivity index (χ0n) is 36.3. The van der Waals surface area contributed by atoms with E-state index < -0.39 is 6.04 Å². The lowest BCUT2D eigenvalue weighted by Gasteiger charge is -2.39. The van der Waals surface area contributed by atoms with Crippen molar-refractivity contribution >= 4 is 47.2 Å². The molecule has 2 saturated heterocycles. The zero-order valence-corrected chi connectivity index (χ0v) is 38.8. The van der Waals surface area contributed by atoms with Gasteiger partial charge in [-0.05, 0) is 92.5 Å². The second-order valence-corrected chi connectivity index (χ2v) is 19.5. The van der Waals surface area contributed by atoms with Crippen molar-refractivity contribution in [1.29, 1.82) is 0 Å². The number of aromatic hydroxyl groups is 2. The predicted octanol–water partition coefficient (Wildman–Crippen LogP) is 8.32. The van der Waals surface area contributed by atoms with Crippen LogP contribution in [0.5, 0.6) is 11.5 Å². The first-order valence-electron chi connectivity index (χ1n) is 21.7. The van der Waals surface area contributed by atoms with Crippen molar-refractivity contribution in [3.8, 4) is 33.6 Å². The van der Waals surface area contributed by atoms with Gasteiger partial charge in [0.2, 0.25) is 5.91 Å². The van der Waals surface area contributed by atoms with Crippen LogP contribution < -0.4 is 0 Å². The van der Waals surface area contributed by atoms with Crippen molar-refractivity contribution in [3.63, 3.8) is 0 Å². The Balaban J connectivity index is 0.788. The fourth-order valence-corrected chi connectivity index (χ4v) is 10.8. The van der Waals surface area contributed by atoms with Gasteiger partial charge < -0.3 is 20.0 Å². The van der Waals surface area contributed by atoms with Crippen LogP contribution in [0, 0.1) is 26.7 Å². The number of carbonyl (C=O) groups excluding carboxylic acids is 1. The number of halogens is 1. The molecule has 1 atom stereocenters. The van der Waals surface area contributed by atoms with Crippen LogP contribution in [0.3, 0.4) is 0 Å². The third-order valence-corrected chi connectivity index (χ3v) is 14.7. The first-order valence-corrected chi connectivity index (χ1v) is 23.4. The molecule has 3 aliphatic rings. The molecule has 9 rings (SSSR count). The summed E-state index contributed by atoms with van der Waals surface area (Å²) >= 11 is 12.6. The number of phenolic OH excluding ortho intramolecular Hbond substituents is 2. The average Bonchev–Trinajstić information content (AvgIpc) is 3.91. The summed E-state index contributed by atoms with van der Waals surface area (Å²) < 4.78 is 3.92. The third kappa shape index (κ3) is 8.65. The molecule has 63 heavy (non-hydrogen) atoms. The largest absolute Gasteiger partial charge is 0.508 e. The van der Waals surface area contributed by atoms with Crippen LogP contribution >= 0.6 is 35.6 Å². The number of nitrogens with zero attached hydrogens (tertiary/aromatic N) is 10. The Kier molecular flexibility index (Phi) is 12.2. The number of hydrogen-bond acceptors (Lipinski definition) is 12. The lowest BCUT2D eigenvalue weighted by atomic mass is 9.95. The fourth-order valence-electron chi connectivity index (χ4n) is 9.22. The summed E-state index contributed by atoms with van der Waals surface area (Å²) in [4.78, 5) is 27.7. The maximum absolute atomic E-state index is 14.1. The van der Waals surface area contributed by atoms with Crippen molar-refractivity contribution in [3.05, 3.63) is 110 Å². The van der Waals surface area contributed by atoms with E-state index in [0.717, 1.165) is 104 Å². The number of hydrogen-bond donors (Lipinski definition) is 3. The minimum atomic E-state index is -0.469. The molecule has 6 aromatic rings. The van der Waals surface area contributed by atoms with E-state index in [1.54, 1.807) is 17.4 Å². The van der Waals surface area contributed by atoms with Gasteiger partial charge in [-0.1, -0.05) is 49.7 Å². The van der Waals surface area contributed by atoms with Gasteiger partial charge in [-0.3, -0.25) is 23.8 Å². The van der Waals surface area contributed by atoms with Gasteiger partial charge in [0.1, 0.15) is 28.4 Å². The summed E-state index contributed by atoms with van der Waals surface area (Å²) in [7, 11) is 0. The highest BCUT2D eigenvalue weighted by Gasteiger charge is 2.34. The Hall–Kier alpha value is -5.06. The highest BCUT2D eigenvalue weighted by atomic mass is 35.5. The van der Waals surface area contributed by atoms with Crippen LogP contribution in [0.4, 0.5) is 0 Å². The van der Waals surface area contributed by atoms with Crippen LogP contribution in [-0.4, -0.2) is 112 Å². The Bertz CT molecular complexity index is 2670. The van der Waals surface area contributed by atoms with Gasteiger partial charge in [0.25, 0.3) is 0 Å². The second-order valence-electron chi connectivity index (χ2n) is 17.4. The molecule has 6 heterocycles. The van der Waals surface area contributed by atoms with Crippen LogP contribution in [-0.2, 0) is 11.3 Å². The molecular formula is C47H53ClN10O3S2. The second kappa shape index (κ2) is 17.8. The monoisotopic (exact) mass is 904 g/mol. The number of amides is 1. The summed E-state index contributed by atoms with van der Waals surface area (Å²) in [5, 5.41) is 40.9. The van der Waals surface area contributed by atoms with E-state index in [1.165, 1.54) is 22.1 Å². The van der Waals surface area contributed by atoms with Crippen molar-refractivity contribution < 1.29 is 15.0 Å². The van der Waals surface area contributed by atoms with E-state index in [2.05, 4.69) is 73.4 Å². The number of carbonyl (C=O) groups is 1. The van der Waals surface area contributed by atoms with Crippen LogP contribution in [0.1, 0.15) is 89.4 Å². The van der Waals surface area contributed by atoms with Gasteiger partial charge in [-0.2, -0.15) is 0 Å². The van der Waals surface area contributed by atoms with Gasteiger partial charge >= 0.3 is 0 Å². The van der Waals surface area contributed by atoms with Crippen molar-refractivity contribution in [2.24, 2.45) is 10.9 Å². The number of piperazine rings is 1. The summed E-state index contributed by atoms with van der Waals surface area (Å²) in [6.07, 6.45) is 2.21. The first kappa shape index (κ1) is 43.2. The number of aliphatic imine (C=N–C) groups is 1. The number of fused-ring (bicyclic) bond motifs is 3. The molecule has 1 amide bonds. The Labute approximate surface area is 382 Å². The first-order chi connectivity index (χ1) is 30.3. The van der Waals surface area contributed by atoms with Gasteiger partial charge in [0.15, 0.2) is 16.8 Å². The van der Waals surface area contributed by atoms with Crippen LogP contribution in [0.15, 0.2) is 70.8 Å². The standard InChI is InChI=1S/C47H53ClN10O3S2/c1-27(2)36-22-37(40(60)24-39(36)59)44-51-53-47(62)58(44)35-12-6-31(7-13-35)25-54-18-20-55(21-19-54)26-32-14-16-56(17-15-32)41(61)23-38-45-52-50-30(5)57(45)46-42(28(3)29(4)63-46)43(49-38)33-8-10-34(48)11-9-33/h6-13,22,24,27,32,38,59-60H,14-21,23,25-26H2,1-5H3,(H,53,62)/t38-/m0/s1. The fraction of sp³-hybridized carbons (Fsp3) is 0.404. The molecule has 3 aromatic carbocycles. The summed E-state index contributed by atoms with van der Waals surface area (Å²) in [5.41, 5.74) is 7.32. The Morgan fingerprint density at radius 3 is 2.25 bits per heavy atom. The van der Waals surface area contributed by atoms with Gasteiger partial charge in [-0.25, -0.2) is 0 Å². The van der Waals surface area contributed by atoms with E-state index in [4.69, 9.17) is 16.6 Å². The van der Waals surface area contributed by atoms with Crippen molar-refractivity contribution in [2.75, 3.05) is 45.8 Å². The normalized spacial score (nSPS) is 17.5. The minimum absolute atomic E-state index is 0.0522. The molecule has 0 radical (unpaired) electrons. The minimum Gasteiger partial charge on any atom is -0.508 e. The number of likely N-dealkylation sites (tertiary alicyclic amines) is 1. The van der Waals surface area contributed by atoms with Crippen LogP contribution in [0.2, 0.25) is 5.02 Å². The molecule has 3 aromatic heterocycles. The van der Waals surface area contributed by atoms with Gasteiger partial charge in [-0.15, -0.1) is 44.4 Å². The maximum atomic E-state index is 14.1. The number of benzene rings is 3. The number of aromatic nitrogens is 6. The summed E-state index contributed by atoms with van der Waals surface area (Å²) in [6.45, 7) is 17.6. The van der Waals surface area contributed by atoms with Crippen LogP contribution in [0.25, 0.3) is 22.1 Å². The van der Waals surface area contributed by atoms with E-state index in [1.807, 2.05) is 66.6 Å². The number of thiol groups is 1. The highest BCUT2D eigenvalue weighted by molar-refractivity contribution is 7.80. The number of thiophene rings is 1. The van der Waals surface area contributed by atoms with Gasteiger partial charge in [0.05, 0.1) is 17.7 Å². The average molecular weight is 906 g/mol. The molecule has 2 N–H and O–H groups in total. The van der Waals surface area contributed by atoms with E-state index >= 15 is 0 Å². The molecule has 0 saturated carbocycles. The number of aryl methyl sites for hydroxylation is 2. The summed E-state index contributed by atoms with van der Waals surface area (Å²) in [5.74, 6) is 2.65. The molecule has 0 spiro atoms. The maximum Gasteiger partial charge on any atom is 0.225 e. The van der Waals surface area contributed by atoms with E-state index in [9.17, 15) is 15.0 Å². The van der Waals surface area contributed by atoms with Crippen molar-refractivity contribution in [1.82, 2.24) is 44.2 Å². The lowest BCUT2D eigenvalue weighted by Crippen LogP contribution is -2.48. The molecule has 2 fully saturated rings. The van der Waals surface area contributed by atoms with Crippen molar-refractivity contribution in [2.45, 2.75) is 77.5 Å². The van der Waals surface area contributed by atoms with Gasteiger partial charge in [0, 0.05) is 85.1 Å². The Morgan fingerprint density at radius 2 is 1.56 bits per heavy atom. The number of piperidine rings is 1. The topological polar surface area (TPSA) is 141 Å². The molecule has 3 aliphatic heterocycles. The lowest BCUT2D eigenvalue weighted by molar-refractivity contribution is -0.133. The molecule has 13 nitrogen and oxygen atoms in total. The zero-order chi connectivity index (χ0) is 44.1. The van der Waals surface area contributed by atoms with E-state index in [-0.39, 0.29) is 29.7 Å². The quantitative estimate of drug-likeness (QED) is 0.116.